The maximum atomic E-state index is 13.5. The Morgan fingerprint density at radius 3 is 2.13 bits per heavy atom. The number of carboxylic acid groups (broad SMARTS) is 1. The monoisotopic (exact) mass is 551 g/mol. The molecule has 208 valence electrons. The highest BCUT2D eigenvalue weighted by Gasteiger charge is 2.30. The zero-order valence-corrected chi connectivity index (χ0v) is 23.4. The Morgan fingerprint density at radius 2 is 1.54 bits per heavy atom. The van der Waals surface area contributed by atoms with Crippen LogP contribution in [0.25, 0.3) is 0 Å². The van der Waals surface area contributed by atoms with E-state index in [-0.39, 0.29) is 18.2 Å². The molecule has 3 atom stereocenters. The van der Waals surface area contributed by atoms with Gasteiger partial charge in [0.1, 0.15) is 18.1 Å². The standard InChI is InChI=1S/C29H37N5O4S/c1-20(2)16-24(27(35)31-25(29(37)38)18-22-12-8-5-9-13-22)30-28(36)26(14-15-39-3)34-19-23(32-33-34)17-21-10-6-4-7-11-21/h4-13,19-20,24-26H,14-18H2,1-3H3,(H,30,36)(H,31,35)(H,37,38)/t24-,25-,26-/m0/s1. The van der Waals surface area contributed by atoms with E-state index in [1.807, 2.05) is 80.8 Å². The maximum absolute atomic E-state index is 13.5. The molecule has 0 bridgehead atoms. The van der Waals surface area contributed by atoms with Gasteiger partial charge in [-0.1, -0.05) is 79.7 Å². The summed E-state index contributed by atoms with van der Waals surface area (Å²) in [6, 6.07) is 16.3. The van der Waals surface area contributed by atoms with Crippen molar-refractivity contribution in [2.24, 2.45) is 5.92 Å². The zero-order valence-electron chi connectivity index (χ0n) is 22.6. The van der Waals surface area contributed by atoms with Crippen LogP contribution in [0.1, 0.15) is 49.6 Å². The molecule has 0 aliphatic heterocycles. The SMILES string of the molecule is CSCC[C@@H](C(=O)N[C@@H](CC(C)C)C(=O)N[C@@H](Cc1ccccc1)C(=O)O)n1cc(Cc2ccccc2)nn1. The Balaban J connectivity index is 1.74. The summed E-state index contributed by atoms with van der Waals surface area (Å²) in [5, 5.41) is 23.8. The average molecular weight is 552 g/mol. The topological polar surface area (TPSA) is 126 Å². The van der Waals surface area contributed by atoms with E-state index >= 15 is 0 Å². The van der Waals surface area contributed by atoms with E-state index in [2.05, 4.69) is 20.9 Å². The number of carbonyl (C=O) groups is 3. The van der Waals surface area contributed by atoms with Gasteiger partial charge in [-0.25, -0.2) is 9.48 Å². The van der Waals surface area contributed by atoms with Crippen molar-refractivity contribution >= 4 is 29.5 Å². The molecule has 9 nitrogen and oxygen atoms in total. The number of aliphatic carboxylic acids is 1. The van der Waals surface area contributed by atoms with E-state index in [1.165, 1.54) is 0 Å². The highest BCUT2D eigenvalue weighted by atomic mass is 32.2. The van der Waals surface area contributed by atoms with Gasteiger partial charge in [-0.15, -0.1) is 5.10 Å². The summed E-state index contributed by atoms with van der Waals surface area (Å²) in [5.74, 6) is -1.20. The lowest BCUT2D eigenvalue weighted by Crippen LogP contribution is -2.53. The van der Waals surface area contributed by atoms with Gasteiger partial charge in [-0.05, 0) is 41.9 Å². The van der Waals surface area contributed by atoms with Gasteiger partial charge >= 0.3 is 5.97 Å². The lowest BCUT2D eigenvalue weighted by Gasteiger charge is -2.25. The van der Waals surface area contributed by atoms with Crippen molar-refractivity contribution in [2.45, 2.75) is 57.7 Å². The molecule has 0 fully saturated rings. The van der Waals surface area contributed by atoms with Gasteiger partial charge in [0.2, 0.25) is 11.8 Å². The molecule has 2 aromatic carbocycles. The van der Waals surface area contributed by atoms with E-state index in [9.17, 15) is 19.5 Å². The molecular formula is C29H37N5O4S. The van der Waals surface area contributed by atoms with Gasteiger partial charge < -0.3 is 15.7 Å². The summed E-state index contributed by atoms with van der Waals surface area (Å²) >= 11 is 1.61. The van der Waals surface area contributed by atoms with Crippen LogP contribution in [-0.4, -0.2) is 62.0 Å². The van der Waals surface area contributed by atoms with Crippen LogP contribution in [0.5, 0.6) is 0 Å². The van der Waals surface area contributed by atoms with Crippen LogP contribution in [-0.2, 0) is 27.2 Å². The second-order valence-electron chi connectivity index (χ2n) is 9.93. The predicted octanol–water partition coefficient (Wildman–Crippen LogP) is 3.51. The third kappa shape index (κ3) is 9.55. The number of rotatable bonds is 15. The van der Waals surface area contributed by atoms with Gasteiger partial charge in [0.15, 0.2) is 0 Å². The molecule has 1 heterocycles. The Kier molecular flexibility index (Phi) is 11.5. The summed E-state index contributed by atoms with van der Waals surface area (Å²) < 4.78 is 1.56. The third-order valence-electron chi connectivity index (χ3n) is 6.24. The van der Waals surface area contributed by atoms with Crippen molar-refractivity contribution in [3.05, 3.63) is 83.7 Å². The molecule has 0 aliphatic carbocycles. The first kappa shape index (κ1) is 29.9. The second kappa shape index (κ2) is 15.1. The molecule has 1 aromatic heterocycles. The second-order valence-corrected chi connectivity index (χ2v) is 10.9. The minimum atomic E-state index is -1.13. The molecule has 3 N–H and O–H groups in total. The number of aromatic nitrogens is 3. The number of carboxylic acids is 1. The van der Waals surface area contributed by atoms with Gasteiger partial charge in [-0.2, -0.15) is 11.8 Å². The van der Waals surface area contributed by atoms with Gasteiger partial charge in [0, 0.05) is 19.0 Å². The van der Waals surface area contributed by atoms with Gasteiger partial charge in [0.25, 0.3) is 0 Å². The van der Waals surface area contributed by atoms with Gasteiger partial charge in [-0.3, -0.25) is 9.59 Å². The first-order valence-corrected chi connectivity index (χ1v) is 14.5. The van der Waals surface area contributed by atoms with Crippen LogP contribution in [0, 0.1) is 5.92 Å². The number of hydrogen-bond acceptors (Lipinski definition) is 6. The van der Waals surface area contributed by atoms with Crippen LogP contribution in [0.2, 0.25) is 0 Å². The van der Waals surface area contributed by atoms with Crippen LogP contribution in [0.4, 0.5) is 0 Å². The normalized spacial score (nSPS) is 13.4. The lowest BCUT2D eigenvalue weighted by atomic mass is 10.0. The molecule has 3 aromatic rings. The summed E-state index contributed by atoms with van der Waals surface area (Å²) in [6.07, 6.45) is 5.34. The molecule has 0 unspecified atom stereocenters. The van der Waals surface area contributed by atoms with Crippen LogP contribution < -0.4 is 10.6 Å². The molecule has 3 rings (SSSR count). The van der Waals surface area contributed by atoms with Crippen LogP contribution in [0.15, 0.2) is 66.9 Å². The predicted molar refractivity (Wildman–Crippen MR) is 152 cm³/mol. The number of thioether (sulfide) groups is 1. The first-order valence-electron chi connectivity index (χ1n) is 13.1. The number of hydrogen-bond donors (Lipinski definition) is 3. The maximum Gasteiger partial charge on any atom is 0.326 e. The van der Waals surface area contributed by atoms with Gasteiger partial charge in [0.05, 0.1) is 5.69 Å². The molecule has 0 saturated heterocycles. The Bertz CT molecular complexity index is 1200. The fraction of sp³-hybridized carbons (Fsp3) is 0.414. The van der Waals surface area contributed by atoms with Crippen molar-refractivity contribution in [3.63, 3.8) is 0 Å². The van der Waals surface area contributed by atoms with Crippen molar-refractivity contribution in [1.82, 2.24) is 25.6 Å². The fourth-order valence-corrected chi connectivity index (χ4v) is 4.72. The summed E-state index contributed by atoms with van der Waals surface area (Å²) in [4.78, 5) is 38.7. The Labute approximate surface area is 233 Å². The minimum Gasteiger partial charge on any atom is -0.480 e. The molecule has 0 spiro atoms. The smallest absolute Gasteiger partial charge is 0.326 e. The zero-order chi connectivity index (χ0) is 28.2. The van der Waals surface area contributed by atoms with E-state index < -0.39 is 30.0 Å². The number of nitrogens with one attached hydrogen (secondary N) is 2. The third-order valence-corrected chi connectivity index (χ3v) is 6.88. The molecule has 0 aliphatic rings. The molecule has 2 amide bonds. The summed E-state index contributed by atoms with van der Waals surface area (Å²) in [6.45, 7) is 3.90. The van der Waals surface area contributed by atoms with E-state index in [0.717, 1.165) is 16.8 Å². The van der Waals surface area contributed by atoms with Crippen LogP contribution in [0.3, 0.4) is 0 Å². The summed E-state index contributed by atoms with van der Waals surface area (Å²) in [7, 11) is 0. The van der Waals surface area contributed by atoms with E-state index in [0.29, 0.717) is 25.0 Å². The Hall–Kier alpha value is -3.66. The number of carbonyl (C=O) groups excluding carboxylic acids is 2. The van der Waals surface area contributed by atoms with Crippen molar-refractivity contribution in [1.29, 1.82) is 0 Å². The lowest BCUT2D eigenvalue weighted by molar-refractivity contribution is -0.142. The van der Waals surface area contributed by atoms with Crippen molar-refractivity contribution in [2.75, 3.05) is 12.0 Å². The van der Waals surface area contributed by atoms with Crippen LogP contribution >= 0.6 is 11.8 Å². The number of benzene rings is 2. The molecular weight excluding hydrogens is 514 g/mol. The van der Waals surface area contributed by atoms with Crippen molar-refractivity contribution in [3.8, 4) is 0 Å². The average Bonchev–Trinajstić information content (AvgIpc) is 3.36. The molecule has 0 saturated carbocycles. The highest BCUT2D eigenvalue weighted by Crippen LogP contribution is 2.17. The van der Waals surface area contributed by atoms with Crippen molar-refractivity contribution < 1.29 is 19.5 Å². The number of amides is 2. The number of nitrogens with zero attached hydrogens (tertiary/aromatic N) is 3. The fourth-order valence-electron chi connectivity index (χ4n) is 4.26. The van der Waals surface area contributed by atoms with E-state index in [4.69, 9.17) is 0 Å². The minimum absolute atomic E-state index is 0.0898. The molecule has 39 heavy (non-hydrogen) atoms. The largest absolute Gasteiger partial charge is 0.480 e. The molecule has 10 heteroatoms. The molecule has 0 radical (unpaired) electrons. The highest BCUT2D eigenvalue weighted by molar-refractivity contribution is 7.98. The quantitative estimate of drug-likeness (QED) is 0.264. The Morgan fingerprint density at radius 1 is 0.923 bits per heavy atom. The summed E-state index contributed by atoms with van der Waals surface area (Å²) in [5.41, 5.74) is 2.63. The van der Waals surface area contributed by atoms with E-state index in [1.54, 1.807) is 22.6 Å². The first-order chi connectivity index (χ1) is 18.8.